The normalized spacial score (nSPS) is 11.2. The number of rotatable bonds is 3. The zero-order valence-electron chi connectivity index (χ0n) is 8.72. The van der Waals surface area contributed by atoms with Crippen molar-refractivity contribution in [2.24, 2.45) is 5.73 Å². The first-order valence-electron chi connectivity index (χ1n) is 4.75. The molecule has 2 rings (SSSR count). The van der Waals surface area contributed by atoms with Gasteiger partial charge in [-0.3, -0.25) is 0 Å². The summed E-state index contributed by atoms with van der Waals surface area (Å²) in [6.45, 7) is 0.620. The smallest absolute Gasteiger partial charge is 0.143 e. The van der Waals surface area contributed by atoms with Crippen molar-refractivity contribution in [3.63, 3.8) is 0 Å². The molecule has 0 unspecified atom stereocenters. The highest BCUT2D eigenvalue weighted by molar-refractivity contribution is 7.19. The Labute approximate surface area is 95.6 Å². The number of nitrogens with two attached hydrogens (primary N) is 1. The molecular weight excluding hydrogens is 232 g/mol. The average molecular weight is 243 g/mol. The molecule has 0 amide bonds. The number of benzene rings is 1. The van der Waals surface area contributed by atoms with Gasteiger partial charge in [-0.1, -0.05) is 0 Å². The Kier molecular flexibility index (Phi) is 3.18. The molecule has 2 N–H and O–H groups in total. The predicted molar refractivity (Wildman–Crippen MR) is 60.3 cm³/mol. The third kappa shape index (κ3) is 1.81. The van der Waals surface area contributed by atoms with Crippen molar-refractivity contribution in [3.05, 3.63) is 34.2 Å². The molecule has 1 heterocycles. The minimum Gasteiger partial charge on any atom is -0.380 e. The quantitative estimate of drug-likeness (QED) is 0.899. The largest absolute Gasteiger partial charge is 0.380 e. The van der Waals surface area contributed by atoms with Crippen molar-refractivity contribution in [1.82, 2.24) is 0 Å². The van der Waals surface area contributed by atoms with Crippen LogP contribution in [0.3, 0.4) is 0 Å². The summed E-state index contributed by atoms with van der Waals surface area (Å²) in [7, 11) is 1.54. The first kappa shape index (κ1) is 11.4. The molecule has 0 saturated carbocycles. The summed E-state index contributed by atoms with van der Waals surface area (Å²) in [6, 6.07) is 2.21. The SMILES string of the molecule is COCc1c(CN)sc2c(F)cc(F)cc12. The van der Waals surface area contributed by atoms with Crippen molar-refractivity contribution in [2.45, 2.75) is 13.2 Å². The molecular formula is C11H11F2NOS. The maximum absolute atomic E-state index is 13.5. The van der Waals surface area contributed by atoms with E-state index in [2.05, 4.69) is 0 Å². The fourth-order valence-electron chi connectivity index (χ4n) is 1.69. The third-order valence-electron chi connectivity index (χ3n) is 2.37. The minimum atomic E-state index is -0.580. The molecule has 1 aromatic carbocycles. The van der Waals surface area contributed by atoms with Crippen molar-refractivity contribution in [2.75, 3.05) is 7.11 Å². The van der Waals surface area contributed by atoms with Gasteiger partial charge in [0.2, 0.25) is 0 Å². The lowest BCUT2D eigenvalue weighted by Crippen LogP contribution is -1.98. The molecule has 2 nitrogen and oxygen atoms in total. The fraction of sp³-hybridized carbons (Fsp3) is 0.273. The van der Waals surface area contributed by atoms with Crippen LogP contribution in [0, 0.1) is 11.6 Å². The van der Waals surface area contributed by atoms with Crippen LogP contribution in [-0.2, 0) is 17.9 Å². The Morgan fingerprint density at radius 1 is 1.38 bits per heavy atom. The van der Waals surface area contributed by atoms with E-state index in [0.29, 0.717) is 23.2 Å². The highest BCUT2D eigenvalue weighted by atomic mass is 32.1. The number of hydrogen-bond acceptors (Lipinski definition) is 3. The molecule has 0 atom stereocenters. The molecule has 0 radical (unpaired) electrons. The van der Waals surface area contributed by atoms with E-state index in [1.807, 2.05) is 0 Å². The Morgan fingerprint density at radius 3 is 2.75 bits per heavy atom. The number of thiophene rings is 1. The van der Waals surface area contributed by atoms with Crippen LogP contribution in [0.4, 0.5) is 8.78 Å². The highest BCUT2D eigenvalue weighted by Crippen LogP contribution is 2.34. The summed E-state index contributed by atoms with van der Waals surface area (Å²) in [5.41, 5.74) is 6.35. The molecule has 2 aromatic rings. The van der Waals surface area contributed by atoms with Gasteiger partial charge in [0, 0.05) is 35.5 Å². The topological polar surface area (TPSA) is 35.2 Å². The molecule has 0 fully saturated rings. The summed E-state index contributed by atoms with van der Waals surface area (Å²) in [6.07, 6.45) is 0. The van der Waals surface area contributed by atoms with Crippen molar-refractivity contribution in [1.29, 1.82) is 0 Å². The second kappa shape index (κ2) is 4.45. The molecule has 1 aromatic heterocycles. The molecule has 0 aliphatic carbocycles. The highest BCUT2D eigenvalue weighted by Gasteiger charge is 2.15. The van der Waals surface area contributed by atoms with Gasteiger partial charge in [-0.2, -0.15) is 0 Å². The van der Waals surface area contributed by atoms with Crippen LogP contribution >= 0.6 is 11.3 Å². The van der Waals surface area contributed by atoms with Gasteiger partial charge in [0.15, 0.2) is 0 Å². The van der Waals surface area contributed by atoms with Gasteiger partial charge in [0.05, 0.1) is 11.3 Å². The lowest BCUT2D eigenvalue weighted by molar-refractivity contribution is 0.185. The molecule has 0 aliphatic heterocycles. The molecule has 86 valence electrons. The number of methoxy groups -OCH3 is 1. The molecule has 16 heavy (non-hydrogen) atoms. The van der Waals surface area contributed by atoms with Crippen LogP contribution in [0.25, 0.3) is 10.1 Å². The van der Waals surface area contributed by atoms with Gasteiger partial charge in [-0.25, -0.2) is 8.78 Å². The summed E-state index contributed by atoms with van der Waals surface area (Å²) in [4.78, 5) is 0.835. The lowest BCUT2D eigenvalue weighted by Gasteiger charge is -2.01. The van der Waals surface area contributed by atoms with Crippen LogP contribution in [0.5, 0.6) is 0 Å². The predicted octanol–water partition coefficient (Wildman–Crippen LogP) is 2.78. The maximum atomic E-state index is 13.5. The molecule has 5 heteroatoms. The minimum absolute atomic E-state index is 0.305. The zero-order valence-corrected chi connectivity index (χ0v) is 9.54. The fourth-order valence-corrected chi connectivity index (χ4v) is 2.76. The number of hydrogen-bond donors (Lipinski definition) is 1. The summed E-state index contributed by atoms with van der Waals surface area (Å²) in [5.74, 6) is -1.12. The number of halogens is 2. The summed E-state index contributed by atoms with van der Waals surface area (Å²) >= 11 is 1.25. The first-order valence-corrected chi connectivity index (χ1v) is 5.57. The number of ether oxygens (including phenoxy) is 1. The lowest BCUT2D eigenvalue weighted by atomic mass is 10.1. The van der Waals surface area contributed by atoms with Gasteiger partial charge in [-0.15, -0.1) is 11.3 Å². The summed E-state index contributed by atoms with van der Waals surface area (Å²) < 4.78 is 32.1. The Hall–Kier alpha value is -1.04. The van der Waals surface area contributed by atoms with Crippen LogP contribution in [0.15, 0.2) is 12.1 Å². The van der Waals surface area contributed by atoms with E-state index in [4.69, 9.17) is 10.5 Å². The van der Waals surface area contributed by atoms with E-state index in [-0.39, 0.29) is 0 Å². The summed E-state index contributed by atoms with van der Waals surface area (Å²) in [5, 5.41) is 0.560. The third-order valence-corrected chi connectivity index (χ3v) is 3.65. The van der Waals surface area contributed by atoms with Crippen molar-refractivity contribution >= 4 is 21.4 Å². The van der Waals surface area contributed by atoms with E-state index >= 15 is 0 Å². The van der Waals surface area contributed by atoms with E-state index in [0.717, 1.165) is 16.5 Å². The van der Waals surface area contributed by atoms with E-state index in [1.165, 1.54) is 17.4 Å². The Bertz CT molecular complexity index is 524. The zero-order chi connectivity index (χ0) is 11.7. The van der Waals surface area contributed by atoms with Crippen molar-refractivity contribution < 1.29 is 13.5 Å². The van der Waals surface area contributed by atoms with Gasteiger partial charge in [-0.05, 0) is 6.07 Å². The Balaban J connectivity index is 2.73. The molecule has 0 aliphatic rings. The van der Waals surface area contributed by atoms with Crippen LogP contribution < -0.4 is 5.73 Å². The Morgan fingerprint density at radius 2 is 2.12 bits per heavy atom. The van der Waals surface area contributed by atoms with Crippen LogP contribution in [0.1, 0.15) is 10.4 Å². The molecule has 0 spiro atoms. The molecule has 0 bridgehead atoms. The maximum Gasteiger partial charge on any atom is 0.143 e. The first-order chi connectivity index (χ1) is 7.67. The average Bonchev–Trinajstić information content (AvgIpc) is 2.58. The van der Waals surface area contributed by atoms with Crippen molar-refractivity contribution in [3.8, 4) is 0 Å². The second-order valence-corrected chi connectivity index (χ2v) is 4.51. The standard InChI is InChI=1S/C11H11F2NOS/c1-15-5-8-7-2-6(12)3-9(13)11(7)16-10(8)4-14/h2-3H,4-5,14H2,1H3. The van der Waals surface area contributed by atoms with E-state index in [1.54, 1.807) is 7.11 Å². The van der Waals surface area contributed by atoms with Crippen LogP contribution in [0.2, 0.25) is 0 Å². The monoisotopic (exact) mass is 243 g/mol. The van der Waals surface area contributed by atoms with E-state index < -0.39 is 11.6 Å². The van der Waals surface area contributed by atoms with Gasteiger partial charge >= 0.3 is 0 Å². The second-order valence-electron chi connectivity index (χ2n) is 3.41. The van der Waals surface area contributed by atoms with Crippen LogP contribution in [-0.4, -0.2) is 7.11 Å². The van der Waals surface area contributed by atoms with Gasteiger partial charge < -0.3 is 10.5 Å². The van der Waals surface area contributed by atoms with E-state index in [9.17, 15) is 8.78 Å². The number of fused-ring (bicyclic) bond motifs is 1. The van der Waals surface area contributed by atoms with Gasteiger partial charge in [0.1, 0.15) is 11.6 Å². The molecule has 0 saturated heterocycles. The van der Waals surface area contributed by atoms with Gasteiger partial charge in [0.25, 0.3) is 0 Å².